The maximum absolute atomic E-state index is 2.50. The number of benzene rings is 13. The van der Waals surface area contributed by atoms with Gasteiger partial charge in [0.15, 0.2) is 0 Å². The van der Waals surface area contributed by atoms with Gasteiger partial charge in [0.25, 0.3) is 0 Å². The summed E-state index contributed by atoms with van der Waals surface area (Å²) in [6.07, 6.45) is 0. The number of rotatable bonds is 8. The van der Waals surface area contributed by atoms with Crippen molar-refractivity contribution in [3.05, 3.63) is 267 Å². The molecule has 0 bridgehead atoms. The van der Waals surface area contributed by atoms with E-state index >= 15 is 0 Å². The van der Waals surface area contributed by atoms with Gasteiger partial charge < -0.3 is 9.80 Å². The topological polar surface area (TPSA) is 6.48 Å². The van der Waals surface area contributed by atoms with Gasteiger partial charge in [0.2, 0.25) is 0 Å². The van der Waals surface area contributed by atoms with Crippen LogP contribution in [0.2, 0.25) is 0 Å². The van der Waals surface area contributed by atoms with Crippen LogP contribution in [0.5, 0.6) is 0 Å². The smallest absolute Gasteiger partial charge is 0.0468 e. The molecule has 0 fully saturated rings. The van der Waals surface area contributed by atoms with Crippen LogP contribution in [-0.4, -0.2) is 0 Å². The first-order valence-electron chi connectivity index (χ1n) is 23.4. The molecule has 0 heterocycles. The number of para-hydroxylation sites is 4. The summed E-state index contributed by atoms with van der Waals surface area (Å²) in [7, 11) is 0. The lowest BCUT2D eigenvalue weighted by Gasteiger charge is -2.26. The van der Waals surface area contributed by atoms with Crippen LogP contribution in [-0.2, 0) is 0 Å². The van der Waals surface area contributed by atoms with E-state index in [1.807, 2.05) is 0 Å². The summed E-state index contributed by atoms with van der Waals surface area (Å²) in [4.78, 5) is 4.73. The summed E-state index contributed by atoms with van der Waals surface area (Å²) in [5, 5.41) is 14.8. The Hall–Kier alpha value is -8.98. The molecule has 0 aromatic heterocycles. The highest BCUT2D eigenvalue weighted by atomic mass is 15.1. The molecule has 13 aromatic rings. The second-order valence-electron chi connectivity index (χ2n) is 17.7. The van der Waals surface area contributed by atoms with Crippen LogP contribution in [0.3, 0.4) is 0 Å². The van der Waals surface area contributed by atoms with E-state index in [1.54, 1.807) is 0 Å². The highest BCUT2D eigenvalue weighted by Gasteiger charge is 2.20. The van der Waals surface area contributed by atoms with E-state index in [0.717, 1.165) is 34.1 Å². The highest BCUT2D eigenvalue weighted by molar-refractivity contribution is 6.33. The molecule has 13 aromatic carbocycles. The van der Waals surface area contributed by atoms with Crippen molar-refractivity contribution in [2.45, 2.75) is 0 Å². The minimum atomic E-state index is 1.11. The maximum atomic E-state index is 2.50. The lowest BCUT2D eigenvalue weighted by Crippen LogP contribution is -2.09. The van der Waals surface area contributed by atoms with Crippen molar-refractivity contribution in [3.63, 3.8) is 0 Å². The molecule has 0 aliphatic rings. The summed E-state index contributed by atoms with van der Waals surface area (Å²) in [5.41, 5.74) is 11.5. The Morgan fingerprint density at radius 2 is 0.397 bits per heavy atom. The normalized spacial score (nSPS) is 11.5. The first kappa shape index (κ1) is 39.4. The number of hydrogen-bond donors (Lipinski definition) is 0. The molecule has 0 aliphatic carbocycles. The standard InChI is InChI=1S/C66H44N2/c1-7-19-45(20-8-1)47-31-35-55-59(39-47)65-43-64-58-38-34-54(68(51-27-15-5-16-28-51)52-29-17-6-18-30-52)42-62(58)56-36-32-48(46-21-9-2-10-22-46)40-60(56)66(64)44-63(65)57-37-33-53(41-61(55)57)67(49-23-11-3-12-24-49)50-25-13-4-14-26-50/h1-44H. The number of hydrogen-bond acceptors (Lipinski definition) is 2. The second kappa shape index (κ2) is 16.5. The fourth-order valence-corrected chi connectivity index (χ4v) is 10.6. The van der Waals surface area contributed by atoms with Crippen LogP contribution in [0, 0.1) is 0 Å². The largest absolute Gasteiger partial charge is 0.310 e. The number of nitrogens with zero attached hydrogens (tertiary/aromatic N) is 2. The molecule has 2 nitrogen and oxygen atoms in total. The van der Waals surface area contributed by atoms with E-state index in [2.05, 4.69) is 277 Å². The van der Waals surface area contributed by atoms with E-state index in [-0.39, 0.29) is 0 Å². The molecule has 13 rings (SSSR count). The molecule has 0 radical (unpaired) electrons. The van der Waals surface area contributed by atoms with Crippen molar-refractivity contribution in [2.24, 2.45) is 0 Å². The van der Waals surface area contributed by atoms with E-state index in [1.165, 1.54) is 86.9 Å². The molecular weight excluding hydrogens is 821 g/mol. The first-order valence-corrected chi connectivity index (χ1v) is 23.4. The van der Waals surface area contributed by atoms with Gasteiger partial charge in [0.05, 0.1) is 0 Å². The third-order valence-corrected chi connectivity index (χ3v) is 13.7. The zero-order valence-corrected chi connectivity index (χ0v) is 37.3. The Kier molecular flexibility index (Phi) is 9.54. The van der Waals surface area contributed by atoms with Gasteiger partial charge >= 0.3 is 0 Å². The monoisotopic (exact) mass is 864 g/mol. The van der Waals surface area contributed by atoms with Gasteiger partial charge in [-0.25, -0.2) is 0 Å². The predicted molar refractivity (Wildman–Crippen MR) is 292 cm³/mol. The van der Waals surface area contributed by atoms with Crippen molar-refractivity contribution < 1.29 is 0 Å². The van der Waals surface area contributed by atoms with Gasteiger partial charge in [0, 0.05) is 34.1 Å². The number of anilines is 6. The van der Waals surface area contributed by atoms with E-state index in [0.29, 0.717) is 0 Å². The molecule has 0 N–H and O–H groups in total. The minimum absolute atomic E-state index is 1.11. The Balaban J connectivity index is 1.13. The molecule has 0 atom stereocenters. The molecular formula is C66H44N2. The van der Waals surface area contributed by atoms with Gasteiger partial charge in [-0.2, -0.15) is 0 Å². The Labute approximate surface area is 395 Å². The van der Waals surface area contributed by atoms with Crippen LogP contribution >= 0.6 is 0 Å². The molecule has 0 saturated heterocycles. The summed E-state index contributed by atoms with van der Waals surface area (Å²) in [5.74, 6) is 0. The fourth-order valence-electron chi connectivity index (χ4n) is 10.6. The fraction of sp³-hybridized carbons (Fsp3) is 0. The molecule has 0 unspecified atom stereocenters. The Morgan fingerprint density at radius 3 is 0.721 bits per heavy atom. The molecule has 0 saturated carbocycles. The Bertz CT molecular complexity index is 3640. The summed E-state index contributed by atoms with van der Waals surface area (Å²) in [6.45, 7) is 0. The average Bonchev–Trinajstić information content (AvgIpc) is 3.42. The van der Waals surface area contributed by atoms with Crippen LogP contribution in [0.4, 0.5) is 34.1 Å². The number of fused-ring (bicyclic) bond motifs is 12. The molecule has 318 valence electrons. The SMILES string of the molecule is c1ccc(-c2ccc3c(c2)c2cc4c5ccc(N(c6ccccc6)c6ccccc6)cc5c5ccc(-c6ccccc6)cc5c4cc2c2ccc(N(c4ccccc4)c4ccccc4)cc32)cc1. The van der Waals surface area contributed by atoms with Crippen LogP contribution < -0.4 is 9.80 Å². The third-order valence-electron chi connectivity index (χ3n) is 13.7. The first-order chi connectivity index (χ1) is 33.7. The lowest BCUT2D eigenvalue weighted by atomic mass is 9.87. The van der Waals surface area contributed by atoms with Crippen LogP contribution in [0.25, 0.3) is 86.9 Å². The molecule has 0 spiro atoms. The summed E-state index contributed by atoms with van der Waals surface area (Å²) < 4.78 is 0. The zero-order valence-electron chi connectivity index (χ0n) is 37.3. The quantitative estimate of drug-likeness (QED) is 0.111. The van der Waals surface area contributed by atoms with Gasteiger partial charge in [-0.05, 0) is 184 Å². The van der Waals surface area contributed by atoms with Gasteiger partial charge in [-0.1, -0.05) is 170 Å². The molecule has 2 heteroatoms. The average molecular weight is 865 g/mol. The molecule has 0 aliphatic heterocycles. The second-order valence-corrected chi connectivity index (χ2v) is 17.7. The third kappa shape index (κ3) is 6.73. The van der Waals surface area contributed by atoms with E-state index in [4.69, 9.17) is 0 Å². The van der Waals surface area contributed by atoms with Crippen molar-refractivity contribution >= 4 is 98.8 Å². The van der Waals surface area contributed by atoms with Crippen molar-refractivity contribution in [2.75, 3.05) is 9.80 Å². The molecule has 68 heavy (non-hydrogen) atoms. The zero-order chi connectivity index (χ0) is 45.0. The molecule has 0 amide bonds. The summed E-state index contributed by atoms with van der Waals surface area (Å²) >= 11 is 0. The van der Waals surface area contributed by atoms with Gasteiger partial charge in [0.1, 0.15) is 0 Å². The van der Waals surface area contributed by atoms with Crippen molar-refractivity contribution in [1.82, 2.24) is 0 Å². The predicted octanol–water partition coefficient (Wildman–Crippen LogP) is 18.9. The van der Waals surface area contributed by atoms with Crippen molar-refractivity contribution in [3.8, 4) is 22.3 Å². The van der Waals surface area contributed by atoms with Crippen LogP contribution in [0.15, 0.2) is 267 Å². The maximum Gasteiger partial charge on any atom is 0.0468 e. The van der Waals surface area contributed by atoms with Crippen molar-refractivity contribution in [1.29, 1.82) is 0 Å². The van der Waals surface area contributed by atoms with Gasteiger partial charge in [-0.15, -0.1) is 0 Å². The Morgan fingerprint density at radius 1 is 0.147 bits per heavy atom. The van der Waals surface area contributed by atoms with E-state index < -0.39 is 0 Å². The lowest BCUT2D eigenvalue weighted by molar-refractivity contribution is 1.29. The van der Waals surface area contributed by atoms with Gasteiger partial charge in [-0.3, -0.25) is 0 Å². The minimum Gasteiger partial charge on any atom is -0.310 e. The van der Waals surface area contributed by atoms with Crippen LogP contribution in [0.1, 0.15) is 0 Å². The van der Waals surface area contributed by atoms with E-state index in [9.17, 15) is 0 Å². The highest BCUT2D eigenvalue weighted by Crippen LogP contribution is 2.47. The summed E-state index contributed by atoms with van der Waals surface area (Å²) in [6, 6.07) is 97.6.